The molecule has 6 heteroatoms. The van der Waals surface area contributed by atoms with Crippen LogP contribution in [0.1, 0.15) is 30.7 Å². The minimum Gasteiger partial charge on any atom is -0.348 e. The second kappa shape index (κ2) is 5.16. The number of hydrogen-bond donors (Lipinski definition) is 1. The zero-order chi connectivity index (χ0) is 16.1. The lowest BCUT2D eigenvalue weighted by atomic mass is 9.97. The molecule has 1 aliphatic carbocycles. The molecule has 1 unspecified atom stereocenters. The van der Waals surface area contributed by atoms with Crippen LogP contribution in [0.15, 0.2) is 30.9 Å². The van der Waals surface area contributed by atoms with Gasteiger partial charge >= 0.3 is 0 Å². The fraction of sp³-hybridized carbons (Fsp3) is 0.444. The summed E-state index contributed by atoms with van der Waals surface area (Å²) in [6.45, 7) is 1.43. The van der Waals surface area contributed by atoms with Crippen LogP contribution in [0, 0.1) is 0 Å². The Balaban J connectivity index is 1.51. The number of pyridine rings is 1. The summed E-state index contributed by atoms with van der Waals surface area (Å²) in [5.74, 6) is 0.0980. The molecule has 1 aliphatic heterocycles. The number of fused-ring (bicyclic) bond motifs is 1. The molecule has 3 aromatic heterocycles. The standard InChI is InChI=1S/C18H20N4O2/c1-22-11-14(9-21-22)16-10-20-17-15(16)6-13(8-19-17)12-2-3-18(7-12)23-4-5-24-18/h6,8-12H,2-5,7H2,1H3,(H,19,20). The molecule has 24 heavy (non-hydrogen) atoms. The largest absolute Gasteiger partial charge is 0.348 e. The van der Waals surface area contributed by atoms with E-state index < -0.39 is 0 Å². The lowest BCUT2D eigenvalue weighted by Gasteiger charge is -2.21. The third-order valence-electron chi connectivity index (χ3n) is 5.28. The Labute approximate surface area is 139 Å². The number of hydrogen-bond acceptors (Lipinski definition) is 4. The third kappa shape index (κ3) is 2.17. The predicted molar refractivity (Wildman–Crippen MR) is 89.5 cm³/mol. The highest BCUT2D eigenvalue weighted by atomic mass is 16.7. The summed E-state index contributed by atoms with van der Waals surface area (Å²) in [5, 5.41) is 5.42. The maximum atomic E-state index is 5.86. The highest BCUT2D eigenvalue weighted by molar-refractivity contribution is 5.93. The Morgan fingerprint density at radius 2 is 2.17 bits per heavy atom. The number of aromatic amines is 1. The Hall–Kier alpha value is -2.18. The first kappa shape index (κ1) is 14.2. The van der Waals surface area contributed by atoms with Crippen molar-refractivity contribution >= 4 is 11.0 Å². The van der Waals surface area contributed by atoms with Crippen LogP contribution in [0.2, 0.25) is 0 Å². The van der Waals surface area contributed by atoms with Crippen molar-refractivity contribution in [2.75, 3.05) is 13.2 Å². The molecule has 4 heterocycles. The number of ether oxygens (including phenoxy) is 2. The number of nitrogens with zero attached hydrogens (tertiary/aromatic N) is 3. The molecular formula is C18H20N4O2. The van der Waals surface area contributed by atoms with Crippen molar-refractivity contribution in [2.24, 2.45) is 7.05 Å². The lowest BCUT2D eigenvalue weighted by Crippen LogP contribution is -2.25. The topological polar surface area (TPSA) is 65.0 Å². The summed E-state index contributed by atoms with van der Waals surface area (Å²) in [4.78, 5) is 7.89. The van der Waals surface area contributed by atoms with Gasteiger partial charge in [0.05, 0.1) is 19.4 Å². The molecule has 0 aromatic carbocycles. The van der Waals surface area contributed by atoms with Crippen molar-refractivity contribution < 1.29 is 9.47 Å². The molecule has 1 N–H and O–H groups in total. The summed E-state index contributed by atoms with van der Waals surface area (Å²) in [6.07, 6.45) is 10.9. The summed E-state index contributed by atoms with van der Waals surface area (Å²) in [6, 6.07) is 2.26. The minimum absolute atomic E-state index is 0.343. The Morgan fingerprint density at radius 1 is 1.29 bits per heavy atom. The number of rotatable bonds is 2. The molecule has 3 aromatic rings. The van der Waals surface area contributed by atoms with Crippen LogP contribution in [0.25, 0.3) is 22.2 Å². The smallest absolute Gasteiger partial charge is 0.169 e. The molecule has 2 aliphatic rings. The first-order valence-corrected chi connectivity index (χ1v) is 8.46. The fourth-order valence-corrected chi connectivity index (χ4v) is 4.06. The van der Waals surface area contributed by atoms with E-state index in [2.05, 4.69) is 21.1 Å². The van der Waals surface area contributed by atoms with Gasteiger partial charge in [0.2, 0.25) is 0 Å². The second-order valence-electron chi connectivity index (χ2n) is 6.82. The zero-order valence-electron chi connectivity index (χ0n) is 13.7. The summed E-state index contributed by atoms with van der Waals surface area (Å²) in [5.41, 5.74) is 4.43. The van der Waals surface area contributed by atoms with Crippen molar-refractivity contribution in [1.29, 1.82) is 0 Å². The zero-order valence-corrected chi connectivity index (χ0v) is 13.7. The highest BCUT2D eigenvalue weighted by Gasteiger charge is 2.44. The van der Waals surface area contributed by atoms with E-state index in [1.165, 1.54) is 5.56 Å². The number of aromatic nitrogens is 4. The molecule has 0 radical (unpaired) electrons. The van der Waals surface area contributed by atoms with Gasteiger partial charge in [-0.2, -0.15) is 5.10 Å². The van der Waals surface area contributed by atoms with Gasteiger partial charge in [-0.05, 0) is 24.0 Å². The number of nitrogens with one attached hydrogen (secondary N) is 1. The van der Waals surface area contributed by atoms with Crippen molar-refractivity contribution in [3.63, 3.8) is 0 Å². The van der Waals surface area contributed by atoms with Crippen LogP contribution in [0.5, 0.6) is 0 Å². The highest BCUT2D eigenvalue weighted by Crippen LogP contribution is 2.46. The average molecular weight is 324 g/mol. The summed E-state index contributed by atoms with van der Waals surface area (Å²) >= 11 is 0. The van der Waals surface area contributed by atoms with E-state index in [0.29, 0.717) is 19.1 Å². The first-order chi connectivity index (χ1) is 11.7. The normalized spacial score (nSPS) is 22.8. The molecule has 1 saturated carbocycles. The van der Waals surface area contributed by atoms with Crippen molar-refractivity contribution in [1.82, 2.24) is 19.7 Å². The predicted octanol–water partition coefficient (Wildman–Crippen LogP) is 2.97. The van der Waals surface area contributed by atoms with Crippen LogP contribution in [-0.4, -0.2) is 38.7 Å². The minimum atomic E-state index is -0.343. The molecule has 0 bridgehead atoms. The van der Waals surface area contributed by atoms with Crippen LogP contribution in [0.4, 0.5) is 0 Å². The molecule has 5 rings (SSSR count). The molecule has 0 amide bonds. The van der Waals surface area contributed by atoms with Gasteiger partial charge < -0.3 is 14.5 Å². The van der Waals surface area contributed by atoms with Crippen LogP contribution < -0.4 is 0 Å². The summed E-state index contributed by atoms with van der Waals surface area (Å²) < 4.78 is 13.5. The maximum Gasteiger partial charge on any atom is 0.169 e. The first-order valence-electron chi connectivity index (χ1n) is 8.46. The van der Waals surface area contributed by atoms with Gasteiger partial charge in [-0.15, -0.1) is 0 Å². The van der Waals surface area contributed by atoms with E-state index >= 15 is 0 Å². The van der Waals surface area contributed by atoms with Crippen LogP contribution in [-0.2, 0) is 16.5 Å². The van der Waals surface area contributed by atoms with Gasteiger partial charge in [0.15, 0.2) is 5.79 Å². The molecule has 6 nitrogen and oxygen atoms in total. The van der Waals surface area contributed by atoms with E-state index in [9.17, 15) is 0 Å². The maximum absolute atomic E-state index is 5.86. The van der Waals surface area contributed by atoms with E-state index in [4.69, 9.17) is 9.47 Å². The monoisotopic (exact) mass is 324 g/mol. The summed E-state index contributed by atoms with van der Waals surface area (Å²) in [7, 11) is 1.93. The molecule has 2 fully saturated rings. The van der Waals surface area contributed by atoms with E-state index in [1.807, 2.05) is 36.5 Å². The van der Waals surface area contributed by atoms with Gasteiger partial charge in [-0.3, -0.25) is 4.68 Å². The second-order valence-corrected chi connectivity index (χ2v) is 6.82. The Kier molecular flexibility index (Phi) is 3.05. The van der Waals surface area contributed by atoms with Crippen molar-refractivity contribution in [3.8, 4) is 11.1 Å². The van der Waals surface area contributed by atoms with E-state index in [0.717, 1.165) is 41.4 Å². The number of H-pyrrole nitrogens is 1. The van der Waals surface area contributed by atoms with Gasteiger partial charge in [-0.25, -0.2) is 4.98 Å². The average Bonchev–Trinajstić information content (AvgIpc) is 3.36. The van der Waals surface area contributed by atoms with Gasteiger partial charge in [0, 0.05) is 55.0 Å². The SMILES string of the molecule is Cn1cc(-c2c[nH]c3ncc(C4CCC5(C4)OCCO5)cc23)cn1. The lowest BCUT2D eigenvalue weighted by molar-refractivity contribution is -0.151. The molecule has 1 saturated heterocycles. The van der Waals surface area contributed by atoms with Crippen LogP contribution >= 0.6 is 0 Å². The third-order valence-corrected chi connectivity index (χ3v) is 5.28. The fourth-order valence-electron chi connectivity index (χ4n) is 4.06. The Morgan fingerprint density at radius 3 is 2.96 bits per heavy atom. The van der Waals surface area contributed by atoms with Crippen LogP contribution in [0.3, 0.4) is 0 Å². The van der Waals surface area contributed by atoms with Crippen molar-refractivity contribution in [2.45, 2.75) is 31.0 Å². The van der Waals surface area contributed by atoms with E-state index in [-0.39, 0.29) is 5.79 Å². The molecular weight excluding hydrogens is 304 g/mol. The van der Waals surface area contributed by atoms with Crippen molar-refractivity contribution in [3.05, 3.63) is 36.4 Å². The number of aryl methyl sites for hydroxylation is 1. The van der Waals surface area contributed by atoms with Gasteiger partial charge in [-0.1, -0.05) is 0 Å². The van der Waals surface area contributed by atoms with Gasteiger partial charge in [0.1, 0.15) is 5.65 Å². The van der Waals surface area contributed by atoms with Gasteiger partial charge in [0.25, 0.3) is 0 Å². The molecule has 1 spiro atoms. The quantitative estimate of drug-likeness (QED) is 0.787. The Bertz CT molecular complexity index is 891. The molecule has 124 valence electrons. The van der Waals surface area contributed by atoms with E-state index in [1.54, 1.807) is 0 Å². The molecule has 1 atom stereocenters.